The minimum absolute atomic E-state index is 0.173. The molecule has 0 heterocycles. The average Bonchev–Trinajstić information content (AvgIpc) is 2.27. The van der Waals surface area contributed by atoms with Gasteiger partial charge in [-0.3, -0.25) is 4.79 Å². The third-order valence-electron chi connectivity index (χ3n) is 2.02. The Hall–Kier alpha value is -1.50. The summed E-state index contributed by atoms with van der Waals surface area (Å²) in [6, 6.07) is 1.92. The van der Waals surface area contributed by atoms with Gasteiger partial charge in [-0.1, -0.05) is 6.92 Å². The van der Waals surface area contributed by atoms with E-state index in [1.165, 1.54) is 0 Å². The average molecular weight is 209 g/mol. The van der Waals surface area contributed by atoms with Crippen LogP contribution in [0.2, 0.25) is 0 Å². The van der Waals surface area contributed by atoms with E-state index in [0.29, 0.717) is 6.54 Å². The molecule has 0 aliphatic heterocycles. The van der Waals surface area contributed by atoms with Gasteiger partial charge in [0.2, 0.25) is 0 Å². The molecule has 4 heteroatoms. The lowest BCUT2D eigenvalue weighted by molar-refractivity contribution is -0.117. The molecule has 0 saturated heterocycles. The van der Waals surface area contributed by atoms with E-state index in [0.717, 1.165) is 19.5 Å². The third kappa shape index (κ3) is 5.06. The molecule has 0 radical (unpaired) electrons. The largest absolute Gasteiger partial charge is 0.377 e. The highest BCUT2D eigenvalue weighted by molar-refractivity contribution is 5.97. The summed E-state index contributed by atoms with van der Waals surface area (Å²) in [7, 11) is 0. The summed E-state index contributed by atoms with van der Waals surface area (Å²) in [5, 5.41) is 11.5. The van der Waals surface area contributed by atoms with Gasteiger partial charge < -0.3 is 10.2 Å². The van der Waals surface area contributed by atoms with E-state index in [1.54, 1.807) is 6.20 Å². The number of nitrogens with one attached hydrogen (secondary N) is 1. The minimum Gasteiger partial charge on any atom is -0.377 e. The third-order valence-corrected chi connectivity index (χ3v) is 2.02. The number of carbonyl (C=O) groups is 1. The van der Waals surface area contributed by atoms with Gasteiger partial charge in [0, 0.05) is 25.8 Å². The zero-order valence-electron chi connectivity index (χ0n) is 9.71. The van der Waals surface area contributed by atoms with Gasteiger partial charge in [-0.2, -0.15) is 5.26 Å². The summed E-state index contributed by atoms with van der Waals surface area (Å²) in [6.07, 6.45) is 2.49. The van der Waals surface area contributed by atoms with Crippen molar-refractivity contribution in [1.29, 1.82) is 5.26 Å². The molecule has 0 saturated carbocycles. The molecule has 0 spiro atoms. The summed E-state index contributed by atoms with van der Waals surface area (Å²) in [5.74, 6) is -0.286. The molecular weight excluding hydrogens is 190 g/mol. The maximum absolute atomic E-state index is 11.5. The fraction of sp³-hybridized carbons (Fsp3) is 0.636. The quantitative estimate of drug-likeness (QED) is 0.529. The van der Waals surface area contributed by atoms with E-state index in [-0.39, 0.29) is 11.5 Å². The van der Waals surface area contributed by atoms with Gasteiger partial charge in [0.05, 0.1) is 0 Å². The smallest absolute Gasteiger partial charge is 0.263 e. The van der Waals surface area contributed by atoms with Crippen molar-refractivity contribution in [2.45, 2.75) is 27.2 Å². The van der Waals surface area contributed by atoms with E-state index in [1.807, 2.05) is 31.7 Å². The predicted octanol–water partition coefficient (Wildman–Crippen LogP) is 1.26. The predicted molar refractivity (Wildman–Crippen MR) is 59.9 cm³/mol. The van der Waals surface area contributed by atoms with Crippen LogP contribution < -0.4 is 5.32 Å². The standard InChI is InChI=1S/C11H19N3O/c1-4-7-13-11(15)10(8-12)9-14(5-2)6-3/h9H,4-7H2,1-3H3,(H,13,15)/b10-9-. The number of hydrogen-bond acceptors (Lipinski definition) is 3. The highest BCUT2D eigenvalue weighted by Crippen LogP contribution is 1.97. The van der Waals surface area contributed by atoms with Crippen LogP contribution in [0.5, 0.6) is 0 Å². The van der Waals surface area contributed by atoms with Crippen molar-refractivity contribution in [3.8, 4) is 6.07 Å². The van der Waals surface area contributed by atoms with Crippen molar-refractivity contribution < 1.29 is 4.79 Å². The molecule has 0 rings (SSSR count). The molecule has 0 unspecified atom stereocenters. The first kappa shape index (κ1) is 13.5. The number of nitriles is 1. The zero-order valence-corrected chi connectivity index (χ0v) is 9.71. The van der Waals surface area contributed by atoms with Crippen molar-refractivity contribution in [2.24, 2.45) is 0 Å². The van der Waals surface area contributed by atoms with Gasteiger partial charge in [0.25, 0.3) is 5.91 Å². The molecule has 0 aromatic heterocycles. The molecule has 0 fully saturated rings. The lowest BCUT2D eigenvalue weighted by Gasteiger charge is -2.15. The van der Waals surface area contributed by atoms with E-state index >= 15 is 0 Å². The van der Waals surface area contributed by atoms with Gasteiger partial charge in [0.1, 0.15) is 11.6 Å². The molecule has 1 amide bonds. The van der Waals surface area contributed by atoms with Gasteiger partial charge in [0.15, 0.2) is 0 Å². The molecule has 0 aliphatic carbocycles. The molecule has 0 aromatic carbocycles. The van der Waals surface area contributed by atoms with Gasteiger partial charge in [-0.05, 0) is 20.3 Å². The summed E-state index contributed by atoms with van der Waals surface area (Å²) in [4.78, 5) is 13.4. The van der Waals surface area contributed by atoms with Crippen molar-refractivity contribution in [3.63, 3.8) is 0 Å². The lowest BCUT2D eigenvalue weighted by Crippen LogP contribution is -2.27. The number of nitrogens with zero attached hydrogens (tertiary/aromatic N) is 2. The lowest BCUT2D eigenvalue weighted by atomic mass is 10.3. The van der Waals surface area contributed by atoms with Crippen LogP contribution in [0.3, 0.4) is 0 Å². The monoisotopic (exact) mass is 209 g/mol. The first-order valence-corrected chi connectivity index (χ1v) is 5.33. The second-order valence-corrected chi connectivity index (χ2v) is 3.13. The van der Waals surface area contributed by atoms with E-state index in [4.69, 9.17) is 5.26 Å². The second-order valence-electron chi connectivity index (χ2n) is 3.13. The van der Waals surface area contributed by atoms with Gasteiger partial charge >= 0.3 is 0 Å². The molecule has 15 heavy (non-hydrogen) atoms. The highest BCUT2D eigenvalue weighted by atomic mass is 16.1. The fourth-order valence-electron chi connectivity index (χ4n) is 1.06. The van der Waals surface area contributed by atoms with Gasteiger partial charge in [-0.15, -0.1) is 0 Å². The van der Waals surface area contributed by atoms with Crippen molar-refractivity contribution in [2.75, 3.05) is 19.6 Å². The zero-order chi connectivity index (χ0) is 11.7. The van der Waals surface area contributed by atoms with Crippen LogP contribution in [0, 0.1) is 11.3 Å². The number of rotatable bonds is 6. The molecule has 84 valence electrons. The Morgan fingerprint density at radius 3 is 2.40 bits per heavy atom. The Morgan fingerprint density at radius 1 is 1.40 bits per heavy atom. The van der Waals surface area contributed by atoms with Crippen LogP contribution in [0.25, 0.3) is 0 Å². The summed E-state index contributed by atoms with van der Waals surface area (Å²) < 4.78 is 0. The summed E-state index contributed by atoms with van der Waals surface area (Å²) >= 11 is 0. The second kappa shape index (κ2) is 7.86. The summed E-state index contributed by atoms with van der Waals surface area (Å²) in [5.41, 5.74) is 0.173. The Labute approximate surface area is 91.6 Å². The first-order valence-electron chi connectivity index (χ1n) is 5.33. The molecule has 4 nitrogen and oxygen atoms in total. The maximum atomic E-state index is 11.5. The minimum atomic E-state index is -0.286. The van der Waals surface area contributed by atoms with Crippen LogP contribution in [0.1, 0.15) is 27.2 Å². The van der Waals surface area contributed by atoms with E-state index in [9.17, 15) is 4.79 Å². The van der Waals surface area contributed by atoms with Crippen molar-refractivity contribution in [3.05, 3.63) is 11.8 Å². The van der Waals surface area contributed by atoms with E-state index < -0.39 is 0 Å². The molecule has 1 N–H and O–H groups in total. The van der Waals surface area contributed by atoms with Crippen LogP contribution in [-0.2, 0) is 4.79 Å². The highest BCUT2D eigenvalue weighted by Gasteiger charge is 2.08. The molecule has 0 aliphatic rings. The van der Waals surface area contributed by atoms with Crippen LogP contribution in [0.4, 0.5) is 0 Å². The molecular formula is C11H19N3O. The number of carbonyl (C=O) groups excluding carboxylic acids is 1. The maximum Gasteiger partial charge on any atom is 0.263 e. The van der Waals surface area contributed by atoms with Crippen molar-refractivity contribution >= 4 is 5.91 Å². The van der Waals surface area contributed by atoms with Crippen LogP contribution >= 0.6 is 0 Å². The Balaban J connectivity index is 4.47. The normalized spacial score (nSPS) is 10.7. The Morgan fingerprint density at radius 2 is 2.00 bits per heavy atom. The van der Waals surface area contributed by atoms with Crippen molar-refractivity contribution in [1.82, 2.24) is 10.2 Å². The van der Waals surface area contributed by atoms with Crippen LogP contribution in [0.15, 0.2) is 11.8 Å². The topological polar surface area (TPSA) is 56.1 Å². The van der Waals surface area contributed by atoms with Crippen LogP contribution in [-0.4, -0.2) is 30.4 Å². The Bertz CT molecular complexity index is 261. The molecule has 0 atom stereocenters. The van der Waals surface area contributed by atoms with Gasteiger partial charge in [-0.25, -0.2) is 0 Å². The summed E-state index contributed by atoms with van der Waals surface area (Å²) in [6.45, 7) is 8.14. The number of hydrogen-bond donors (Lipinski definition) is 1. The number of amides is 1. The molecule has 0 bridgehead atoms. The Kier molecular flexibility index (Phi) is 7.08. The van der Waals surface area contributed by atoms with E-state index in [2.05, 4.69) is 5.32 Å². The molecule has 0 aromatic rings. The first-order chi connectivity index (χ1) is 7.19. The SMILES string of the molecule is CCCNC(=O)/C(C#N)=C\N(CC)CC. The fourth-order valence-corrected chi connectivity index (χ4v) is 1.06.